The minimum absolute atomic E-state index is 0.0467. The number of piperidine rings is 1. The number of fused-ring (bicyclic) bond motifs is 1. The van der Waals surface area contributed by atoms with Gasteiger partial charge >= 0.3 is 0 Å². The molecular formula is C23H19F4N5O. The normalized spacial score (nSPS) is 15.7. The molecule has 33 heavy (non-hydrogen) atoms. The van der Waals surface area contributed by atoms with Crippen molar-refractivity contribution in [1.29, 1.82) is 0 Å². The number of aromatic hydroxyl groups is 1. The van der Waals surface area contributed by atoms with Gasteiger partial charge in [0.15, 0.2) is 5.88 Å². The molecule has 4 aromatic rings. The molecule has 0 bridgehead atoms. The fraction of sp³-hybridized carbons (Fsp3) is 0.217. The number of pyridine rings is 2. The van der Waals surface area contributed by atoms with Crippen molar-refractivity contribution >= 4 is 28.1 Å². The van der Waals surface area contributed by atoms with Gasteiger partial charge in [-0.05, 0) is 30.3 Å². The lowest BCUT2D eigenvalue weighted by Gasteiger charge is -2.33. The van der Waals surface area contributed by atoms with E-state index < -0.39 is 17.6 Å². The Morgan fingerprint density at radius 2 is 1.79 bits per heavy atom. The molecule has 0 saturated carbocycles. The van der Waals surface area contributed by atoms with E-state index in [2.05, 4.69) is 20.3 Å². The average molecular weight is 457 g/mol. The Kier molecular flexibility index (Phi) is 5.07. The highest BCUT2D eigenvalue weighted by Gasteiger charge is 2.34. The van der Waals surface area contributed by atoms with Crippen molar-refractivity contribution in [3.05, 3.63) is 60.4 Å². The molecular weight excluding hydrogens is 438 g/mol. The molecule has 3 aromatic heterocycles. The number of aromatic nitrogens is 3. The summed E-state index contributed by atoms with van der Waals surface area (Å²) in [5.41, 5.74) is 1.13. The van der Waals surface area contributed by atoms with Gasteiger partial charge in [0.25, 0.3) is 5.92 Å². The largest absolute Gasteiger partial charge is 0.494 e. The maximum absolute atomic E-state index is 14.3. The predicted octanol–water partition coefficient (Wildman–Crippen LogP) is 5.59. The highest BCUT2D eigenvalue weighted by molar-refractivity contribution is 5.99. The van der Waals surface area contributed by atoms with Crippen molar-refractivity contribution in [2.45, 2.75) is 18.8 Å². The third kappa shape index (κ3) is 4.04. The number of alkyl halides is 2. The Morgan fingerprint density at radius 3 is 2.45 bits per heavy atom. The highest BCUT2D eigenvalue weighted by Crippen LogP contribution is 2.37. The lowest BCUT2D eigenvalue weighted by atomic mass is 10.1. The van der Waals surface area contributed by atoms with Gasteiger partial charge in [0.05, 0.1) is 39.7 Å². The molecule has 1 aliphatic heterocycles. The molecule has 3 N–H and O–H groups in total. The number of hydrogen-bond acceptors (Lipinski definition) is 5. The Morgan fingerprint density at radius 1 is 1.06 bits per heavy atom. The van der Waals surface area contributed by atoms with Crippen LogP contribution in [0.15, 0.2) is 48.8 Å². The Hall–Kier alpha value is -3.82. The molecule has 0 radical (unpaired) electrons. The second-order valence-electron chi connectivity index (χ2n) is 7.92. The average Bonchev–Trinajstić information content (AvgIpc) is 3.15. The van der Waals surface area contributed by atoms with E-state index in [1.807, 2.05) is 4.90 Å². The van der Waals surface area contributed by atoms with E-state index in [-0.39, 0.29) is 43.1 Å². The summed E-state index contributed by atoms with van der Waals surface area (Å²) >= 11 is 0. The van der Waals surface area contributed by atoms with Gasteiger partial charge in [-0.1, -0.05) is 6.07 Å². The summed E-state index contributed by atoms with van der Waals surface area (Å²) in [5.74, 6) is -3.92. The molecule has 5 rings (SSSR count). The molecule has 1 aromatic carbocycles. The Labute approximate surface area is 185 Å². The standard InChI is InChI=1S/C23H19F4N5O/c24-14-2-1-3-15(25)20(14)16-10-17(21-18(30-16)12-29-22(21)33)31-19-5-4-13(11-28-19)32-8-6-23(26,27)7-9-32/h1-5,10-12,29,33H,6-9H2,(H,28,31). The van der Waals surface area contributed by atoms with Gasteiger partial charge < -0.3 is 20.3 Å². The van der Waals surface area contributed by atoms with Crippen molar-refractivity contribution in [1.82, 2.24) is 15.0 Å². The molecule has 0 amide bonds. The minimum Gasteiger partial charge on any atom is -0.494 e. The summed E-state index contributed by atoms with van der Waals surface area (Å²) < 4.78 is 55.5. The zero-order chi connectivity index (χ0) is 23.2. The topological polar surface area (TPSA) is 77.1 Å². The summed E-state index contributed by atoms with van der Waals surface area (Å²) in [6.45, 7) is 0.475. The van der Waals surface area contributed by atoms with E-state index in [1.165, 1.54) is 18.3 Å². The van der Waals surface area contributed by atoms with Crippen LogP contribution in [0.25, 0.3) is 22.2 Å². The number of aromatic amines is 1. The van der Waals surface area contributed by atoms with Crippen molar-refractivity contribution in [3.8, 4) is 17.1 Å². The molecule has 1 fully saturated rings. The molecule has 0 unspecified atom stereocenters. The predicted molar refractivity (Wildman–Crippen MR) is 117 cm³/mol. The van der Waals surface area contributed by atoms with E-state index in [0.717, 1.165) is 17.8 Å². The highest BCUT2D eigenvalue weighted by atomic mass is 19.3. The van der Waals surface area contributed by atoms with Gasteiger partial charge in [-0.2, -0.15) is 0 Å². The molecule has 0 spiro atoms. The van der Waals surface area contributed by atoms with Crippen LogP contribution in [-0.2, 0) is 0 Å². The summed E-state index contributed by atoms with van der Waals surface area (Å²) in [5, 5.41) is 13.6. The van der Waals surface area contributed by atoms with Crippen molar-refractivity contribution in [2.75, 3.05) is 23.3 Å². The third-order valence-corrected chi connectivity index (χ3v) is 5.72. The molecule has 170 valence electrons. The van der Waals surface area contributed by atoms with E-state index >= 15 is 0 Å². The number of nitrogens with zero attached hydrogens (tertiary/aromatic N) is 3. The third-order valence-electron chi connectivity index (χ3n) is 5.72. The lowest BCUT2D eigenvalue weighted by molar-refractivity contribution is -0.0220. The Bertz CT molecular complexity index is 1290. The van der Waals surface area contributed by atoms with Gasteiger partial charge in [-0.3, -0.25) is 0 Å². The molecule has 1 saturated heterocycles. The second kappa shape index (κ2) is 7.95. The first-order valence-corrected chi connectivity index (χ1v) is 10.3. The number of H-pyrrole nitrogens is 1. The van der Waals surface area contributed by atoms with Crippen molar-refractivity contribution in [3.63, 3.8) is 0 Å². The number of nitrogens with one attached hydrogen (secondary N) is 2. The SMILES string of the molecule is Oc1[nH]cc2nc(-c3c(F)cccc3F)cc(Nc3ccc(N4CCC(F)(F)CC4)cn3)c12. The van der Waals surface area contributed by atoms with Crippen LogP contribution in [0.3, 0.4) is 0 Å². The molecule has 10 heteroatoms. The first-order valence-electron chi connectivity index (χ1n) is 10.3. The van der Waals surface area contributed by atoms with Crippen molar-refractivity contribution in [2.24, 2.45) is 0 Å². The van der Waals surface area contributed by atoms with Gasteiger partial charge in [0, 0.05) is 32.1 Å². The number of anilines is 3. The van der Waals surface area contributed by atoms with Gasteiger partial charge in [-0.25, -0.2) is 27.5 Å². The molecule has 4 heterocycles. The van der Waals surface area contributed by atoms with Crippen LogP contribution < -0.4 is 10.2 Å². The first-order chi connectivity index (χ1) is 15.8. The molecule has 0 atom stereocenters. The van der Waals surface area contributed by atoms with Gasteiger partial charge in [-0.15, -0.1) is 0 Å². The number of rotatable bonds is 4. The first kappa shape index (κ1) is 21.0. The maximum Gasteiger partial charge on any atom is 0.251 e. The summed E-state index contributed by atoms with van der Waals surface area (Å²) in [6.07, 6.45) is 2.59. The summed E-state index contributed by atoms with van der Waals surface area (Å²) in [6, 6.07) is 8.40. The number of hydrogen-bond donors (Lipinski definition) is 3. The molecule has 0 aliphatic carbocycles. The van der Waals surface area contributed by atoms with Crippen LogP contribution in [0.4, 0.5) is 34.8 Å². The van der Waals surface area contributed by atoms with Crippen LogP contribution in [-0.4, -0.2) is 39.1 Å². The fourth-order valence-electron chi connectivity index (χ4n) is 3.97. The number of benzene rings is 1. The van der Waals surface area contributed by atoms with Crippen LogP contribution in [0.5, 0.6) is 5.88 Å². The van der Waals surface area contributed by atoms with Crippen LogP contribution in [0, 0.1) is 11.6 Å². The monoisotopic (exact) mass is 457 g/mol. The summed E-state index contributed by atoms with van der Waals surface area (Å²) in [7, 11) is 0. The van der Waals surface area contributed by atoms with Gasteiger partial charge in [0.1, 0.15) is 17.5 Å². The van der Waals surface area contributed by atoms with Crippen molar-refractivity contribution < 1.29 is 22.7 Å². The van der Waals surface area contributed by atoms with Gasteiger partial charge in [0.2, 0.25) is 0 Å². The second-order valence-corrected chi connectivity index (χ2v) is 7.92. The number of halogens is 4. The van der Waals surface area contributed by atoms with Crippen LogP contribution in [0.2, 0.25) is 0 Å². The zero-order valence-electron chi connectivity index (χ0n) is 17.2. The van der Waals surface area contributed by atoms with E-state index in [9.17, 15) is 22.7 Å². The van der Waals surface area contributed by atoms with E-state index in [4.69, 9.17) is 0 Å². The quantitative estimate of drug-likeness (QED) is 0.349. The van der Waals surface area contributed by atoms with E-state index in [0.29, 0.717) is 22.4 Å². The maximum atomic E-state index is 14.3. The van der Waals surface area contributed by atoms with Crippen LogP contribution in [0.1, 0.15) is 12.8 Å². The van der Waals surface area contributed by atoms with Crippen LogP contribution >= 0.6 is 0 Å². The molecule has 1 aliphatic rings. The minimum atomic E-state index is -2.63. The Balaban J connectivity index is 1.47. The van der Waals surface area contributed by atoms with E-state index in [1.54, 1.807) is 18.3 Å². The smallest absolute Gasteiger partial charge is 0.251 e. The zero-order valence-corrected chi connectivity index (χ0v) is 17.2. The fourth-order valence-corrected chi connectivity index (χ4v) is 3.97. The molecule has 6 nitrogen and oxygen atoms in total. The summed E-state index contributed by atoms with van der Waals surface area (Å²) in [4.78, 5) is 13.1. The lowest BCUT2D eigenvalue weighted by Crippen LogP contribution is -2.39.